The molecule has 0 atom stereocenters. The van der Waals surface area contributed by atoms with Gasteiger partial charge in [-0.05, 0) is 37.1 Å². The molecule has 0 radical (unpaired) electrons. The summed E-state index contributed by atoms with van der Waals surface area (Å²) in [5.41, 5.74) is -0.547. The zero-order chi connectivity index (χ0) is 19.0. The number of aromatic nitrogens is 4. The van der Waals surface area contributed by atoms with E-state index in [1.807, 2.05) is 6.07 Å². The Labute approximate surface area is 153 Å². The second kappa shape index (κ2) is 6.57. The van der Waals surface area contributed by atoms with Gasteiger partial charge in [-0.2, -0.15) is 5.26 Å². The molecule has 1 saturated carbocycles. The SMILES string of the molecule is COc1ccc(-c2nnc(Cn3c(=O)c(C#N)cn(C4CC4)c3=O)o2)cc1. The summed E-state index contributed by atoms with van der Waals surface area (Å²) in [7, 11) is 1.57. The van der Waals surface area contributed by atoms with Crippen molar-refractivity contribution >= 4 is 0 Å². The van der Waals surface area contributed by atoms with Crippen molar-refractivity contribution in [2.24, 2.45) is 0 Å². The highest BCUT2D eigenvalue weighted by atomic mass is 16.5. The van der Waals surface area contributed by atoms with Gasteiger partial charge in [0.25, 0.3) is 5.56 Å². The minimum atomic E-state index is -0.663. The van der Waals surface area contributed by atoms with Crippen LogP contribution >= 0.6 is 0 Å². The van der Waals surface area contributed by atoms with Crippen LogP contribution in [0.25, 0.3) is 11.5 Å². The van der Waals surface area contributed by atoms with Gasteiger partial charge in [0.2, 0.25) is 11.8 Å². The maximum Gasteiger partial charge on any atom is 0.331 e. The van der Waals surface area contributed by atoms with Gasteiger partial charge in [0.1, 0.15) is 23.9 Å². The molecule has 0 amide bonds. The first kappa shape index (κ1) is 16.8. The normalized spacial score (nSPS) is 13.3. The highest BCUT2D eigenvalue weighted by molar-refractivity contribution is 5.53. The Morgan fingerprint density at radius 1 is 1.26 bits per heavy atom. The van der Waals surface area contributed by atoms with Crippen molar-refractivity contribution in [1.82, 2.24) is 19.3 Å². The van der Waals surface area contributed by atoms with Gasteiger partial charge in [0.15, 0.2) is 0 Å². The summed E-state index contributed by atoms with van der Waals surface area (Å²) in [5, 5.41) is 17.1. The average molecular weight is 365 g/mol. The molecule has 9 heteroatoms. The number of nitriles is 1. The van der Waals surface area contributed by atoms with Crippen LogP contribution in [-0.4, -0.2) is 26.4 Å². The Bertz CT molecular complexity index is 1150. The van der Waals surface area contributed by atoms with Crippen LogP contribution in [0.3, 0.4) is 0 Å². The van der Waals surface area contributed by atoms with Crippen molar-refractivity contribution in [3.8, 4) is 23.3 Å². The summed E-state index contributed by atoms with van der Waals surface area (Å²) >= 11 is 0. The first-order valence-electron chi connectivity index (χ1n) is 8.33. The van der Waals surface area contributed by atoms with Gasteiger partial charge >= 0.3 is 5.69 Å². The highest BCUT2D eigenvalue weighted by Gasteiger charge is 2.27. The molecule has 2 aromatic heterocycles. The lowest BCUT2D eigenvalue weighted by atomic mass is 10.2. The van der Waals surface area contributed by atoms with Crippen LogP contribution < -0.4 is 16.0 Å². The predicted molar refractivity (Wildman–Crippen MR) is 93.3 cm³/mol. The third-order valence-electron chi connectivity index (χ3n) is 4.35. The zero-order valence-corrected chi connectivity index (χ0v) is 14.5. The molecule has 2 heterocycles. The van der Waals surface area contributed by atoms with Gasteiger partial charge in [0.05, 0.1) is 7.11 Å². The topological polar surface area (TPSA) is 116 Å². The molecule has 0 spiro atoms. The van der Waals surface area contributed by atoms with Crippen molar-refractivity contribution in [2.45, 2.75) is 25.4 Å². The van der Waals surface area contributed by atoms with E-state index in [0.29, 0.717) is 11.3 Å². The fourth-order valence-electron chi connectivity index (χ4n) is 2.75. The lowest BCUT2D eigenvalue weighted by Gasteiger charge is -2.08. The summed E-state index contributed by atoms with van der Waals surface area (Å²) in [6, 6.07) is 8.92. The van der Waals surface area contributed by atoms with Crippen LogP contribution in [0.4, 0.5) is 0 Å². The summed E-state index contributed by atoms with van der Waals surface area (Å²) < 4.78 is 13.1. The molecule has 3 aromatic rings. The van der Waals surface area contributed by atoms with Crippen molar-refractivity contribution in [2.75, 3.05) is 7.11 Å². The van der Waals surface area contributed by atoms with E-state index in [9.17, 15) is 14.9 Å². The van der Waals surface area contributed by atoms with Gasteiger partial charge in [-0.15, -0.1) is 10.2 Å². The quantitative estimate of drug-likeness (QED) is 0.669. The summed E-state index contributed by atoms with van der Waals surface area (Å²) in [5.74, 6) is 1.07. The van der Waals surface area contributed by atoms with Gasteiger partial charge in [-0.1, -0.05) is 0 Å². The molecule has 0 unspecified atom stereocenters. The number of nitrogens with zero attached hydrogens (tertiary/aromatic N) is 5. The minimum Gasteiger partial charge on any atom is -0.497 e. The van der Waals surface area contributed by atoms with Crippen LogP contribution in [-0.2, 0) is 6.54 Å². The number of ether oxygens (including phenoxy) is 1. The fraction of sp³-hybridized carbons (Fsp3) is 0.278. The van der Waals surface area contributed by atoms with Crippen LogP contribution in [0.1, 0.15) is 30.3 Å². The van der Waals surface area contributed by atoms with E-state index in [-0.39, 0.29) is 29.9 Å². The maximum absolute atomic E-state index is 12.6. The van der Waals surface area contributed by atoms with E-state index in [0.717, 1.165) is 17.4 Å². The number of hydrogen-bond donors (Lipinski definition) is 0. The molecule has 0 bridgehead atoms. The van der Waals surface area contributed by atoms with Crippen molar-refractivity contribution in [3.05, 3.63) is 62.8 Å². The van der Waals surface area contributed by atoms with Crippen LogP contribution in [0.5, 0.6) is 5.75 Å². The Kier molecular flexibility index (Phi) is 4.08. The number of rotatable bonds is 5. The maximum atomic E-state index is 12.6. The minimum absolute atomic E-state index is 0.0361. The summed E-state index contributed by atoms with van der Waals surface area (Å²) in [6.45, 7) is -0.191. The Morgan fingerprint density at radius 3 is 2.63 bits per heavy atom. The molecule has 1 fully saturated rings. The van der Waals surface area contributed by atoms with E-state index in [1.54, 1.807) is 31.4 Å². The van der Waals surface area contributed by atoms with E-state index in [4.69, 9.17) is 9.15 Å². The highest BCUT2D eigenvalue weighted by Crippen LogP contribution is 2.33. The molecule has 4 rings (SSSR count). The van der Waals surface area contributed by atoms with Gasteiger partial charge in [0, 0.05) is 17.8 Å². The van der Waals surface area contributed by atoms with Gasteiger partial charge in [-0.3, -0.25) is 9.36 Å². The van der Waals surface area contributed by atoms with Crippen molar-refractivity contribution < 1.29 is 9.15 Å². The Balaban J connectivity index is 1.68. The fourth-order valence-corrected chi connectivity index (χ4v) is 2.75. The first-order valence-corrected chi connectivity index (χ1v) is 8.33. The van der Waals surface area contributed by atoms with E-state index in [1.165, 1.54) is 10.8 Å². The Hall–Kier alpha value is -3.67. The summed E-state index contributed by atoms with van der Waals surface area (Å²) in [6.07, 6.45) is 3.03. The molecule has 1 aromatic carbocycles. The molecule has 1 aliphatic carbocycles. The van der Waals surface area contributed by atoms with E-state index >= 15 is 0 Å². The van der Waals surface area contributed by atoms with Crippen LogP contribution in [0.15, 0.2) is 44.5 Å². The zero-order valence-electron chi connectivity index (χ0n) is 14.5. The summed E-state index contributed by atoms with van der Waals surface area (Å²) in [4.78, 5) is 25.0. The van der Waals surface area contributed by atoms with E-state index in [2.05, 4.69) is 10.2 Å². The standard InChI is InChI=1S/C18H15N5O4/c1-26-14-6-2-11(3-7-14)16-21-20-15(27-16)10-23-17(24)12(8-19)9-22(18(23)25)13-4-5-13/h2-3,6-7,9,13H,4-5,10H2,1H3. The third kappa shape index (κ3) is 3.13. The first-order chi connectivity index (χ1) is 13.1. The average Bonchev–Trinajstić information content (AvgIpc) is 3.43. The molecule has 0 aliphatic heterocycles. The van der Waals surface area contributed by atoms with Crippen molar-refractivity contribution in [1.29, 1.82) is 5.26 Å². The third-order valence-corrected chi connectivity index (χ3v) is 4.35. The molecule has 1 aliphatic rings. The molecule has 0 saturated heterocycles. The number of hydrogen-bond acceptors (Lipinski definition) is 7. The molecular formula is C18H15N5O4. The second-order valence-electron chi connectivity index (χ2n) is 6.20. The van der Waals surface area contributed by atoms with Crippen LogP contribution in [0, 0.1) is 11.3 Å². The molecule has 0 N–H and O–H groups in total. The predicted octanol–water partition coefficient (Wildman–Crippen LogP) is 1.32. The smallest absolute Gasteiger partial charge is 0.331 e. The van der Waals surface area contributed by atoms with Crippen molar-refractivity contribution in [3.63, 3.8) is 0 Å². The lowest BCUT2D eigenvalue weighted by Crippen LogP contribution is -2.41. The lowest BCUT2D eigenvalue weighted by molar-refractivity contribution is 0.415. The molecular weight excluding hydrogens is 350 g/mol. The monoisotopic (exact) mass is 365 g/mol. The van der Waals surface area contributed by atoms with E-state index < -0.39 is 11.2 Å². The molecule has 27 heavy (non-hydrogen) atoms. The molecule has 9 nitrogen and oxygen atoms in total. The van der Waals surface area contributed by atoms with Gasteiger partial charge in [-0.25, -0.2) is 9.36 Å². The van der Waals surface area contributed by atoms with Crippen LogP contribution in [0.2, 0.25) is 0 Å². The number of benzene rings is 1. The second-order valence-corrected chi connectivity index (χ2v) is 6.20. The van der Waals surface area contributed by atoms with Gasteiger partial charge < -0.3 is 9.15 Å². The Morgan fingerprint density at radius 2 is 2.00 bits per heavy atom. The number of methoxy groups -OCH3 is 1. The molecule has 136 valence electrons. The largest absolute Gasteiger partial charge is 0.497 e.